The summed E-state index contributed by atoms with van der Waals surface area (Å²) in [6.45, 7) is 3.95. The number of piperidine rings is 1. The van der Waals surface area contributed by atoms with E-state index < -0.39 is 0 Å². The van der Waals surface area contributed by atoms with Gasteiger partial charge in [0.2, 0.25) is 5.95 Å². The Morgan fingerprint density at radius 2 is 2.37 bits per heavy atom. The van der Waals surface area contributed by atoms with Crippen molar-refractivity contribution in [2.24, 2.45) is 0 Å². The zero-order chi connectivity index (χ0) is 13.5. The van der Waals surface area contributed by atoms with Gasteiger partial charge in [-0.3, -0.25) is 0 Å². The van der Waals surface area contributed by atoms with Crippen LogP contribution in [0.15, 0.2) is 12.4 Å². The molecule has 1 saturated heterocycles. The van der Waals surface area contributed by atoms with E-state index in [0.717, 1.165) is 32.1 Å². The van der Waals surface area contributed by atoms with Crippen LogP contribution < -0.4 is 5.32 Å². The highest BCUT2D eigenvalue weighted by molar-refractivity contribution is 5.25. The van der Waals surface area contributed by atoms with Crippen LogP contribution in [-0.4, -0.2) is 54.3 Å². The van der Waals surface area contributed by atoms with E-state index in [1.807, 2.05) is 6.20 Å². The second-order valence-corrected chi connectivity index (χ2v) is 5.31. The maximum atomic E-state index is 5.05. The summed E-state index contributed by atoms with van der Waals surface area (Å²) in [5, 5.41) is 3.39. The van der Waals surface area contributed by atoms with Crippen LogP contribution >= 0.6 is 0 Å². The lowest BCUT2D eigenvalue weighted by molar-refractivity contribution is 0.168. The molecule has 1 atom stereocenters. The molecule has 2 heterocycles. The van der Waals surface area contributed by atoms with Gasteiger partial charge in [0.15, 0.2) is 0 Å². The van der Waals surface area contributed by atoms with Gasteiger partial charge in [-0.25, -0.2) is 4.98 Å². The summed E-state index contributed by atoms with van der Waals surface area (Å²) in [4.78, 5) is 6.87. The molecule has 19 heavy (non-hydrogen) atoms. The highest BCUT2D eigenvalue weighted by Gasteiger charge is 2.19. The lowest BCUT2D eigenvalue weighted by Gasteiger charge is -2.32. The molecule has 5 heteroatoms. The maximum absolute atomic E-state index is 5.05. The molecular formula is C14H26N4O. The smallest absolute Gasteiger partial charge is 0.202 e. The van der Waals surface area contributed by atoms with Crippen molar-refractivity contribution in [3.8, 4) is 0 Å². The van der Waals surface area contributed by atoms with Crippen LogP contribution in [0.3, 0.4) is 0 Å². The number of methoxy groups -OCH3 is 1. The van der Waals surface area contributed by atoms with Gasteiger partial charge in [0.1, 0.15) is 0 Å². The predicted molar refractivity (Wildman–Crippen MR) is 77.5 cm³/mol. The second kappa shape index (κ2) is 7.50. The van der Waals surface area contributed by atoms with E-state index in [1.165, 1.54) is 25.8 Å². The van der Waals surface area contributed by atoms with Crippen molar-refractivity contribution in [1.29, 1.82) is 0 Å². The van der Waals surface area contributed by atoms with Crippen LogP contribution in [-0.2, 0) is 11.3 Å². The van der Waals surface area contributed by atoms with Crippen LogP contribution in [0.2, 0.25) is 0 Å². The third-order valence-electron chi connectivity index (χ3n) is 3.85. The average molecular weight is 266 g/mol. The molecule has 2 rings (SSSR count). The van der Waals surface area contributed by atoms with E-state index in [4.69, 9.17) is 4.74 Å². The lowest BCUT2D eigenvalue weighted by Crippen LogP contribution is -2.39. The fraction of sp³-hybridized carbons (Fsp3) is 0.786. The molecule has 0 spiro atoms. The molecule has 0 bridgehead atoms. The molecule has 0 radical (unpaired) electrons. The quantitative estimate of drug-likeness (QED) is 0.764. The normalized spacial score (nSPS) is 20.6. The van der Waals surface area contributed by atoms with Crippen molar-refractivity contribution < 1.29 is 4.74 Å². The molecule has 108 valence electrons. The molecule has 1 aliphatic heterocycles. The van der Waals surface area contributed by atoms with Gasteiger partial charge in [0.25, 0.3) is 0 Å². The summed E-state index contributed by atoms with van der Waals surface area (Å²) in [5.41, 5.74) is 0. The zero-order valence-corrected chi connectivity index (χ0v) is 12.1. The molecule has 5 nitrogen and oxygen atoms in total. The Kier molecular flexibility index (Phi) is 5.66. The minimum atomic E-state index is 0.641. The minimum absolute atomic E-state index is 0.641. The summed E-state index contributed by atoms with van der Waals surface area (Å²) in [5.74, 6) is 0.982. The molecule has 1 aromatic heterocycles. The monoisotopic (exact) mass is 266 g/mol. The van der Waals surface area contributed by atoms with Crippen molar-refractivity contribution >= 4 is 5.95 Å². The Bertz CT molecular complexity index is 366. The fourth-order valence-electron chi connectivity index (χ4n) is 2.64. The largest absolute Gasteiger partial charge is 0.385 e. The number of nitrogens with one attached hydrogen (secondary N) is 1. The van der Waals surface area contributed by atoms with Gasteiger partial charge in [-0.15, -0.1) is 0 Å². The van der Waals surface area contributed by atoms with E-state index in [2.05, 4.69) is 33.0 Å². The maximum Gasteiger partial charge on any atom is 0.202 e. The first-order chi connectivity index (χ1) is 9.31. The first-order valence-electron chi connectivity index (χ1n) is 7.25. The molecule has 0 aliphatic carbocycles. The number of hydrogen-bond acceptors (Lipinski definition) is 4. The molecule has 1 aromatic rings. The van der Waals surface area contributed by atoms with Crippen molar-refractivity contribution in [1.82, 2.24) is 14.5 Å². The number of aromatic nitrogens is 2. The Morgan fingerprint density at radius 1 is 1.47 bits per heavy atom. The van der Waals surface area contributed by atoms with E-state index in [-0.39, 0.29) is 0 Å². The summed E-state index contributed by atoms with van der Waals surface area (Å²) < 4.78 is 7.29. The van der Waals surface area contributed by atoms with Gasteiger partial charge < -0.3 is 19.5 Å². The first kappa shape index (κ1) is 14.3. The number of hydrogen-bond donors (Lipinski definition) is 1. The van der Waals surface area contributed by atoms with Gasteiger partial charge in [-0.1, -0.05) is 6.42 Å². The molecule has 1 fully saturated rings. The van der Waals surface area contributed by atoms with Gasteiger partial charge in [0, 0.05) is 45.2 Å². The zero-order valence-electron chi connectivity index (χ0n) is 12.1. The number of ether oxygens (including phenoxy) is 1. The van der Waals surface area contributed by atoms with Gasteiger partial charge in [0.05, 0.1) is 0 Å². The number of likely N-dealkylation sites (tertiary alicyclic amines) is 1. The number of likely N-dealkylation sites (N-methyl/N-ethyl adjacent to an activating group) is 1. The Balaban J connectivity index is 1.84. The summed E-state index contributed by atoms with van der Waals surface area (Å²) >= 11 is 0. The summed E-state index contributed by atoms with van der Waals surface area (Å²) in [6.07, 6.45) is 8.92. The third kappa shape index (κ3) is 4.21. The van der Waals surface area contributed by atoms with Crippen molar-refractivity contribution in [3.63, 3.8) is 0 Å². The number of imidazole rings is 1. The Hall–Kier alpha value is -1.07. The molecule has 0 aromatic carbocycles. The van der Waals surface area contributed by atoms with Crippen molar-refractivity contribution in [3.05, 3.63) is 12.4 Å². The van der Waals surface area contributed by atoms with E-state index in [9.17, 15) is 0 Å². The van der Waals surface area contributed by atoms with Crippen molar-refractivity contribution in [2.45, 2.75) is 38.3 Å². The van der Waals surface area contributed by atoms with Gasteiger partial charge >= 0.3 is 0 Å². The highest BCUT2D eigenvalue weighted by atomic mass is 16.5. The standard InChI is InChI=1S/C14H26N4O/c1-17-9-4-3-6-13(17)12-18-10-8-16-14(18)15-7-5-11-19-2/h8,10,13H,3-7,9,11-12H2,1-2H3,(H,15,16). The van der Waals surface area contributed by atoms with Gasteiger partial charge in [-0.2, -0.15) is 0 Å². The Labute approximate surface area is 116 Å². The lowest BCUT2D eigenvalue weighted by atomic mass is 10.0. The molecule has 0 saturated carbocycles. The van der Waals surface area contributed by atoms with Crippen LogP contribution in [0.5, 0.6) is 0 Å². The number of nitrogens with zero attached hydrogens (tertiary/aromatic N) is 3. The van der Waals surface area contributed by atoms with E-state index in [0.29, 0.717) is 6.04 Å². The van der Waals surface area contributed by atoms with E-state index in [1.54, 1.807) is 7.11 Å². The number of anilines is 1. The molecule has 1 unspecified atom stereocenters. The SMILES string of the molecule is COCCCNc1nccn1CC1CCCCN1C. The third-order valence-corrected chi connectivity index (χ3v) is 3.85. The minimum Gasteiger partial charge on any atom is -0.385 e. The molecular weight excluding hydrogens is 240 g/mol. The fourth-order valence-corrected chi connectivity index (χ4v) is 2.64. The van der Waals surface area contributed by atoms with Gasteiger partial charge in [-0.05, 0) is 32.9 Å². The van der Waals surface area contributed by atoms with Crippen molar-refractivity contribution in [2.75, 3.05) is 39.2 Å². The molecule has 1 aliphatic rings. The Morgan fingerprint density at radius 3 is 3.16 bits per heavy atom. The molecule has 0 amide bonds. The highest BCUT2D eigenvalue weighted by Crippen LogP contribution is 2.18. The first-order valence-corrected chi connectivity index (χ1v) is 7.25. The predicted octanol–water partition coefficient (Wildman–Crippen LogP) is 1.82. The number of rotatable bonds is 7. The van der Waals surface area contributed by atoms with Crippen LogP contribution in [0.4, 0.5) is 5.95 Å². The van der Waals surface area contributed by atoms with E-state index >= 15 is 0 Å². The van der Waals surface area contributed by atoms with Crippen LogP contribution in [0.25, 0.3) is 0 Å². The van der Waals surface area contributed by atoms with Crippen LogP contribution in [0, 0.1) is 0 Å². The topological polar surface area (TPSA) is 42.3 Å². The molecule has 1 N–H and O–H groups in total. The van der Waals surface area contributed by atoms with Crippen LogP contribution in [0.1, 0.15) is 25.7 Å². The summed E-state index contributed by atoms with van der Waals surface area (Å²) in [7, 11) is 3.96. The summed E-state index contributed by atoms with van der Waals surface area (Å²) in [6, 6.07) is 0.641. The average Bonchev–Trinajstić information content (AvgIpc) is 2.85. The second-order valence-electron chi connectivity index (χ2n) is 5.31.